The molecule has 0 saturated heterocycles. The molecule has 0 radical (unpaired) electrons. The Morgan fingerprint density at radius 1 is 1.13 bits per heavy atom. The summed E-state index contributed by atoms with van der Waals surface area (Å²) in [7, 11) is 0. The molecule has 1 N–H and O–H groups in total. The van der Waals surface area contributed by atoms with Gasteiger partial charge in [-0.1, -0.05) is 49.6 Å². The molecule has 1 saturated carbocycles. The monoisotopic (exact) mass is 419 g/mol. The van der Waals surface area contributed by atoms with Crippen LogP contribution in [-0.4, -0.2) is 22.1 Å². The number of ether oxygens (including phenoxy) is 1. The zero-order valence-corrected chi connectivity index (χ0v) is 18.6. The molecular weight excluding hydrogens is 386 g/mol. The van der Waals surface area contributed by atoms with Gasteiger partial charge in [-0.25, -0.2) is 4.98 Å². The first-order chi connectivity index (χ1) is 15.1. The van der Waals surface area contributed by atoms with E-state index in [4.69, 9.17) is 9.72 Å². The van der Waals surface area contributed by atoms with Crippen LogP contribution < -0.4 is 10.1 Å². The number of benzene rings is 2. The van der Waals surface area contributed by atoms with Crippen LogP contribution in [0.15, 0.2) is 48.5 Å². The summed E-state index contributed by atoms with van der Waals surface area (Å²) in [4.78, 5) is 17.7. The standard InChI is InChI=1S/C26H33N3O2/c1-19-11-6-9-16-24(19)31-18-10-17-29-23-15-8-7-14-22(23)28-25(29)20(2)27-26(30)21-12-4-3-5-13-21/h6-9,11,14-16,20-21H,3-5,10,12-13,17-18H2,1-2H3,(H,27,30). The van der Waals surface area contributed by atoms with Gasteiger partial charge in [0.05, 0.1) is 23.7 Å². The average molecular weight is 420 g/mol. The average Bonchev–Trinajstić information content (AvgIpc) is 3.17. The lowest BCUT2D eigenvalue weighted by molar-refractivity contribution is -0.126. The Labute approximate surface area is 184 Å². The van der Waals surface area contributed by atoms with Crippen LogP contribution in [-0.2, 0) is 11.3 Å². The molecule has 1 aliphatic carbocycles. The summed E-state index contributed by atoms with van der Waals surface area (Å²) in [6.07, 6.45) is 6.44. The normalized spacial score (nSPS) is 15.7. The third kappa shape index (κ3) is 5.09. The van der Waals surface area contributed by atoms with Crippen molar-refractivity contribution in [2.45, 2.75) is 65.0 Å². The Kier molecular flexibility index (Phi) is 6.90. The van der Waals surface area contributed by atoms with Gasteiger partial charge >= 0.3 is 0 Å². The van der Waals surface area contributed by atoms with Crippen LogP contribution in [0, 0.1) is 12.8 Å². The number of fused-ring (bicyclic) bond motifs is 1. The highest BCUT2D eigenvalue weighted by molar-refractivity contribution is 5.80. The summed E-state index contributed by atoms with van der Waals surface area (Å²) >= 11 is 0. The number of aromatic nitrogens is 2. The molecule has 1 aliphatic rings. The number of hydrogen-bond donors (Lipinski definition) is 1. The molecule has 1 unspecified atom stereocenters. The fourth-order valence-corrected chi connectivity index (χ4v) is 4.54. The second-order valence-electron chi connectivity index (χ2n) is 8.64. The molecule has 0 bridgehead atoms. The van der Waals surface area contributed by atoms with Crippen LogP contribution in [0.25, 0.3) is 11.0 Å². The smallest absolute Gasteiger partial charge is 0.223 e. The van der Waals surface area contributed by atoms with Gasteiger partial charge in [0, 0.05) is 12.5 Å². The number of rotatable bonds is 8. The lowest BCUT2D eigenvalue weighted by Crippen LogP contribution is -2.35. The quantitative estimate of drug-likeness (QED) is 0.486. The van der Waals surface area contributed by atoms with E-state index in [-0.39, 0.29) is 17.9 Å². The first-order valence-corrected chi connectivity index (χ1v) is 11.6. The van der Waals surface area contributed by atoms with E-state index in [2.05, 4.69) is 28.9 Å². The highest BCUT2D eigenvalue weighted by atomic mass is 16.5. The minimum atomic E-state index is -0.126. The number of para-hydroxylation sites is 3. The molecule has 2 aromatic carbocycles. The van der Waals surface area contributed by atoms with Crippen molar-refractivity contribution in [1.82, 2.24) is 14.9 Å². The Bertz CT molecular complexity index is 1020. The van der Waals surface area contributed by atoms with E-state index >= 15 is 0 Å². The van der Waals surface area contributed by atoms with Crippen molar-refractivity contribution in [3.63, 3.8) is 0 Å². The summed E-state index contributed by atoms with van der Waals surface area (Å²) in [5.74, 6) is 2.18. The Morgan fingerprint density at radius 2 is 1.87 bits per heavy atom. The maximum Gasteiger partial charge on any atom is 0.223 e. The predicted molar refractivity (Wildman–Crippen MR) is 124 cm³/mol. The van der Waals surface area contributed by atoms with Gasteiger partial charge in [0.1, 0.15) is 11.6 Å². The first-order valence-electron chi connectivity index (χ1n) is 11.6. The fraction of sp³-hybridized carbons (Fsp3) is 0.462. The summed E-state index contributed by atoms with van der Waals surface area (Å²) in [5.41, 5.74) is 3.22. The van der Waals surface area contributed by atoms with E-state index < -0.39 is 0 Å². The Balaban J connectivity index is 1.45. The Hall–Kier alpha value is -2.82. The van der Waals surface area contributed by atoms with Crippen molar-refractivity contribution in [2.75, 3.05) is 6.61 Å². The van der Waals surface area contributed by atoms with Crippen LogP contribution in [0.1, 0.15) is 62.9 Å². The van der Waals surface area contributed by atoms with Gasteiger partial charge < -0.3 is 14.6 Å². The molecule has 0 aliphatic heterocycles. The third-order valence-corrected chi connectivity index (χ3v) is 6.28. The van der Waals surface area contributed by atoms with E-state index in [1.807, 2.05) is 43.3 Å². The molecule has 1 fully saturated rings. The molecule has 5 heteroatoms. The number of carbonyl (C=O) groups is 1. The zero-order chi connectivity index (χ0) is 21.6. The molecule has 4 rings (SSSR count). The van der Waals surface area contributed by atoms with Gasteiger partial charge in [-0.05, 0) is 56.9 Å². The molecule has 5 nitrogen and oxygen atoms in total. The lowest BCUT2D eigenvalue weighted by Gasteiger charge is -2.23. The van der Waals surface area contributed by atoms with Crippen LogP contribution in [0.4, 0.5) is 0 Å². The van der Waals surface area contributed by atoms with Crippen molar-refractivity contribution in [3.05, 3.63) is 59.9 Å². The van der Waals surface area contributed by atoms with Gasteiger partial charge in [0.15, 0.2) is 0 Å². The second kappa shape index (κ2) is 9.99. The third-order valence-electron chi connectivity index (χ3n) is 6.28. The number of aryl methyl sites for hydroxylation is 2. The van der Waals surface area contributed by atoms with Crippen molar-refractivity contribution in [1.29, 1.82) is 0 Å². The number of nitrogens with one attached hydrogen (secondary N) is 1. The summed E-state index contributed by atoms with van der Waals surface area (Å²) in [6, 6.07) is 16.2. The number of imidazole rings is 1. The Morgan fingerprint density at radius 3 is 2.68 bits per heavy atom. The van der Waals surface area contributed by atoms with E-state index in [1.54, 1.807) is 0 Å². The largest absolute Gasteiger partial charge is 0.493 e. The molecule has 1 amide bonds. The lowest BCUT2D eigenvalue weighted by atomic mass is 9.88. The minimum absolute atomic E-state index is 0.126. The number of hydrogen-bond acceptors (Lipinski definition) is 3. The van der Waals surface area contributed by atoms with E-state index in [0.717, 1.165) is 66.8 Å². The van der Waals surface area contributed by atoms with Crippen molar-refractivity contribution >= 4 is 16.9 Å². The minimum Gasteiger partial charge on any atom is -0.493 e. The highest BCUT2D eigenvalue weighted by Gasteiger charge is 2.24. The van der Waals surface area contributed by atoms with Crippen LogP contribution in [0.3, 0.4) is 0 Å². The molecule has 1 aromatic heterocycles. The molecule has 1 heterocycles. The molecule has 3 aromatic rings. The SMILES string of the molecule is Cc1ccccc1OCCCn1c(C(C)NC(=O)C2CCCCC2)nc2ccccc21. The molecule has 0 spiro atoms. The van der Waals surface area contributed by atoms with Gasteiger partial charge in [-0.15, -0.1) is 0 Å². The predicted octanol–water partition coefficient (Wildman–Crippen LogP) is 5.57. The van der Waals surface area contributed by atoms with E-state index in [1.165, 1.54) is 6.42 Å². The number of nitrogens with zero attached hydrogens (tertiary/aromatic N) is 2. The fourth-order valence-electron chi connectivity index (χ4n) is 4.54. The second-order valence-corrected chi connectivity index (χ2v) is 8.64. The van der Waals surface area contributed by atoms with Crippen LogP contribution in [0.5, 0.6) is 5.75 Å². The van der Waals surface area contributed by atoms with Gasteiger partial charge in [-0.2, -0.15) is 0 Å². The van der Waals surface area contributed by atoms with Gasteiger partial charge in [-0.3, -0.25) is 4.79 Å². The summed E-state index contributed by atoms with van der Waals surface area (Å²) < 4.78 is 8.23. The zero-order valence-electron chi connectivity index (χ0n) is 18.6. The summed E-state index contributed by atoms with van der Waals surface area (Å²) in [6.45, 7) is 5.54. The molecule has 1 atom stereocenters. The number of amides is 1. The summed E-state index contributed by atoms with van der Waals surface area (Å²) in [5, 5.41) is 3.24. The molecule has 164 valence electrons. The van der Waals surface area contributed by atoms with Crippen molar-refractivity contribution in [2.24, 2.45) is 5.92 Å². The van der Waals surface area contributed by atoms with Gasteiger partial charge in [0.2, 0.25) is 5.91 Å². The van der Waals surface area contributed by atoms with E-state index in [0.29, 0.717) is 6.61 Å². The maximum atomic E-state index is 12.8. The van der Waals surface area contributed by atoms with Crippen LogP contribution >= 0.6 is 0 Å². The van der Waals surface area contributed by atoms with Crippen molar-refractivity contribution in [3.8, 4) is 5.75 Å². The molecular formula is C26H33N3O2. The highest BCUT2D eigenvalue weighted by Crippen LogP contribution is 2.26. The van der Waals surface area contributed by atoms with Crippen LogP contribution in [0.2, 0.25) is 0 Å². The van der Waals surface area contributed by atoms with E-state index in [9.17, 15) is 4.79 Å². The maximum absolute atomic E-state index is 12.8. The topological polar surface area (TPSA) is 56.1 Å². The number of carbonyl (C=O) groups excluding carboxylic acids is 1. The van der Waals surface area contributed by atoms with Crippen molar-refractivity contribution < 1.29 is 9.53 Å². The molecule has 31 heavy (non-hydrogen) atoms. The van der Waals surface area contributed by atoms with Gasteiger partial charge in [0.25, 0.3) is 0 Å². The first kappa shape index (κ1) is 21.4.